The average molecular weight is 311 g/mol. The first-order valence-electron chi connectivity index (χ1n) is 7.03. The van der Waals surface area contributed by atoms with E-state index in [4.69, 9.17) is 16.7 Å². The van der Waals surface area contributed by atoms with Crippen LogP contribution >= 0.6 is 11.6 Å². The van der Waals surface area contributed by atoms with Gasteiger partial charge in [-0.05, 0) is 42.9 Å². The second kappa shape index (κ2) is 6.35. The van der Waals surface area contributed by atoms with Crippen LogP contribution in [0.25, 0.3) is 0 Å². The van der Waals surface area contributed by atoms with Crippen LogP contribution < -0.4 is 10.6 Å². The van der Waals surface area contributed by atoms with Gasteiger partial charge in [0.15, 0.2) is 0 Å². The fourth-order valence-corrected chi connectivity index (χ4v) is 2.63. The lowest BCUT2D eigenvalue weighted by Gasteiger charge is -2.16. The summed E-state index contributed by atoms with van der Waals surface area (Å²) in [6, 6.07) is 3.97. The highest BCUT2D eigenvalue weighted by atomic mass is 35.5. The van der Waals surface area contributed by atoms with Crippen molar-refractivity contribution < 1.29 is 14.7 Å². The summed E-state index contributed by atoms with van der Waals surface area (Å²) in [5.41, 5.74) is 0.471. The van der Waals surface area contributed by atoms with Gasteiger partial charge in [0.1, 0.15) is 0 Å². The Hall–Kier alpha value is -1.75. The smallest absolute Gasteiger partial charge is 0.337 e. The number of carbonyl (C=O) groups excluding carboxylic acids is 1. The molecule has 2 amide bonds. The molecule has 0 heterocycles. The zero-order valence-electron chi connectivity index (χ0n) is 11.9. The van der Waals surface area contributed by atoms with E-state index >= 15 is 0 Å². The number of rotatable bonds is 6. The summed E-state index contributed by atoms with van der Waals surface area (Å²) in [7, 11) is 0. The van der Waals surface area contributed by atoms with Crippen molar-refractivity contribution in [1.29, 1.82) is 0 Å². The first kappa shape index (κ1) is 15.6. The number of carboxylic acid groups (broad SMARTS) is 1. The first-order chi connectivity index (χ1) is 9.96. The molecule has 1 saturated carbocycles. The molecule has 3 N–H and O–H groups in total. The van der Waals surface area contributed by atoms with E-state index in [1.54, 1.807) is 6.07 Å². The summed E-state index contributed by atoms with van der Waals surface area (Å²) in [4.78, 5) is 23.0. The molecule has 114 valence electrons. The average Bonchev–Trinajstić information content (AvgIpc) is 3.19. The number of carbonyl (C=O) groups is 2. The van der Waals surface area contributed by atoms with E-state index in [1.807, 2.05) is 0 Å². The lowest BCUT2D eigenvalue weighted by atomic mass is 10.0. The van der Waals surface area contributed by atoms with Crippen LogP contribution in [0.3, 0.4) is 0 Å². The molecule has 1 aliphatic rings. The Kier molecular flexibility index (Phi) is 4.73. The molecule has 0 atom stereocenters. The van der Waals surface area contributed by atoms with Gasteiger partial charge in [-0.3, -0.25) is 0 Å². The molecule has 0 aromatic heterocycles. The molecule has 1 aromatic rings. The Morgan fingerprint density at radius 1 is 1.38 bits per heavy atom. The molecule has 0 spiro atoms. The minimum absolute atomic E-state index is 0.0210. The second-order valence-corrected chi connectivity index (χ2v) is 5.99. The molecule has 21 heavy (non-hydrogen) atoms. The minimum Gasteiger partial charge on any atom is -0.478 e. The van der Waals surface area contributed by atoms with Crippen LogP contribution in [0.5, 0.6) is 0 Å². The quantitative estimate of drug-likeness (QED) is 0.749. The van der Waals surface area contributed by atoms with Crippen LogP contribution in [0.1, 0.15) is 43.0 Å². The number of nitrogens with one attached hydrogen (secondary N) is 2. The Morgan fingerprint density at radius 2 is 2.10 bits per heavy atom. The fraction of sp³-hybridized carbons (Fsp3) is 0.467. The number of urea groups is 1. The van der Waals surface area contributed by atoms with Crippen LogP contribution in [0.4, 0.5) is 10.5 Å². The Morgan fingerprint density at radius 3 is 2.67 bits per heavy atom. The zero-order chi connectivity index (χ0) is 15.5. The highest BCUT2D eigenvalue weighted by Gasteiger charge is 2.41. The molecule has 0 radical (unpaired) electrons. The van der Waals surface area contributed by atoms with Crippen molar-refractivity contribution in [2.75, 3.05) is 11.9 Å². The predicted octanol–water partition coefficient (Wildman–Crippen LogP) is 3.74. The van der Waals surface area contributed by atoms with E-state index in [9.17, 15) is 9.59 Å². The van der Waals surface area contributed by atoms with Crippen LogP contribution in [-0.4, -0.2) is 23.7 Å². The number of anilines is 1. The molecule has 2 rings (SSSR count). The fourth-order valence-electron chi connectivity index (χ4n) is 2.46. The van der Waals surface area contributed by atoms with Crippen molar-refractivity contribution in [2.24, 2.45) is 5.41 Å². The van der Waals surface area contributed by atoms with Gasteiger partial charge in [0.25, 0.3) is 0 Å². The van der Waals surface area contributed by atoms with Crippen LogP contribution in [0.2, 0.25) is 5.02 Å². The van der Waals surface area contributed by atoms with Crippen molar-refractivity contribution in [1.82, 2.24) is 5.32 Å². The molecule has 0 bridgehead atoms. The molecular weight excluding hydrogens is 292 g/mol. The van der Waals surface area contributed by atoms with Crippen LogP contribution in [0.15, 0.2) is 18.2 Å². The molecule has 6 heteroatoms. The lowest BCUT2D eigenvalue weighted by molar-refractivity contribution is 0.0698. The molecule has 1 aromatic carbocycles. The van der Waals surface area contributed by atoms with Crippen molar-refractivity contribution in [3.05, 3.63) is 28.8 Å². The van der Waals surface area contributed by atoms with E-state index in [1.165, 1.54) is 12.1 Å². The normalized spacial score (nSPS) is 15.3. The summed E-state index contributed by atoms with van der Waals surface area (Å²) >= 11 is 5.77. The van der Waals surface area contributed by atoms with Gasteiger partial charge in [-0.2, -0.15) is 0 Å². The van der Waals surface area contributed by atoms with E-state index in [2.05, 4.69) is 17.6 Å². The largest absolute Gasteiger partial charge is 0.478 e. The maximum Gasteiger partial charge on any atom is 0.337 e. The number of halogens is 1. The summed E-state index contributed by atoms with van der Waals surface area (Å²) < 4.78 is 0. The Balaban J connectivity index is 1.95. The summed E-state index contributed by atoms with van der Waals surface area (Å²) in [5, 5.41) is 14.8. The van der Waals surface area contributed by atoms with Gasteiger partial charge in [0.05, 0.1) is 11.3 Å². The number of aromatic carboxylic acids is 1. The highest BCUT2D eigenvalue weighted by Crippen LogP contribution is 2.48. The summed E-state index contributed by atoms with van der Waals surface area (Å²) in [5.74, 6) is -1.13. The third kappa shape index (κ3) is 4.11. The first-order valence-corrected chi connectivity index (χ1v) is 7.41. The van der Waals surface area contributed by atoms with E-state index in [0.717, 1.165) is 25.7 Å². The van der Waals surface area contributed by atoms with Gasteiger partial charge >= 0.3 is 12.0 Å². The lowest BCUT2D eigenvalue weighted by Crippen LogP contribution is -2.34. The van der Waals surface area contributed by atoms with E-state index < -0.39 is 5.97 Å². The molecule has 0 unspecified atom stereocenters. The van der Waals surface area contributed by atoms with Gasteiger partial charge in [0, 0.05) is 11.6 Å². The van der Waals surface area contributed by atoms with E-state index in [0.29, 0.717) is 11.6 Å². The topological polar surface area (TPSA) is 78.4 Å². The monoisotopic (exact) mass is 310 g/mol. The van der Waals surface area contributed by atoms with E-state index in [-0.39, 0.29) is 22.7 Å². The molecule has 0 aliphatic heterocycles. The number of hydrogen-bond donors (Lipinski definition) is 3. The van der Waals surface area contributed by atoms with Gasteiger partial charge in [0.2, 0.25) is 0 Å². The van der Waals surface area contributed by atoms with Crippen LogP contribution in [-0.2, 0) is 0 Å². The molecular formula is C15H19ClN2O3. The zero-order valence-corrected chi connectivity index (χ0v) is 12.7. The Bertz CT molecular complexity index is 556. The maximum atomic E-state index is 11.9. The van der Waals surface area contributed by atoms with Gasteiger partial charge < -0.3 is 15.7 Å². The van der Waals surface area contributed by atoms with Gasteiger partial charge in [-0.15, -0.1) is 0 Å². The predicted molar refractivity (Wildman–Crippen MR) is 82.0 cm³/mol. The minimum atomic E-state index is -1.13. The van der Waals surface area contributed by atoms with Crippen molar-refractivity contribution in [3.8, 4) is 0 Å². The second-order valence-electron chi connectivity index (χ2n) is 5.55. The number of benzene rings is 1. The number of amides is 2. The van der Waals surface area contributed by atoms with Crippen molar-refractivity contribution >= 4 is 29.3 Å². The SMILES string of the molecule is CCCC1(CNC(=O)Nc2ccc(Cl)cc2C(=O)O)CC1. The standard InChI is InChI=1S/C15H19ClN2O3/c1-2-5-15(6-7-15)9-17-14(21)18-12-4-3-10(16)8-11(12)13(19)20/h3-4,8H,2,5-7,9H2,1H3,(H,19,20)(H2,17,18,21). The highest BCUT2D eigenvalue weighted by molar-refractivity contribution is 6.31. The maximum absolute atomic E-state index is 11.9. The third-order valence-corrected chi connectivity index (χ3v) is 4.06. The summed E-state index contributed by atoms with van der Waals surface area (Å²) in [6.45, 7) is 2.76. The van der Waals surface area contributed by atoms with Crippen molar-refractivity contribution in [3.63, 3.8) is 0 Å². The molecule has 1 aliphatic carbocycles. The molecule has 1 fully saturated rings. The Labute approximate surface area is 128 Å². The van der Waals surface area contributed by atoms with Gasteiger partial charge in [-0.25, -0.2) is 9.59 Å². The third-order valence-electron chi connectivity index (χ3n) is 3.82. The number of hydrogen-bond acceptors (Lipinski definition) is 2. The number of carboxylic acids is 1. The van der Waals surface area contributed by atoms with Crippen molar-refractivity contribution in [2.45, 2.75) is 32.6 Å². The van der Waals surface area contributed by atoms with Gasteiger partial charge in [-0.1, -0.05) is 24.9 Å². The van der Waals surface area contributed by atoms with Crippen LogP contribution in [0, 0.1) is 5.41 Å². The summed E-state index contributed by atoms with van der Waals surface area (Å²) in [6.07, 6.45) is 4.49. The molecule has 0 saturated heterocycles. The molecule has 5 nitrogen and oxygen atoms in total.